The van der Waals surface area contributed by atoms with E-state index in [9.17, 15) is 9.90 Å². The number of aliphatic hydroxyl groups excluding tert-OH is 1. The van der Waals surface area contributed by atoms with Gasteiger partial charge in [0.15, 0.2) is 5.82 Å². The second-order valence-corrected chi connectivity index (χ2v) is 9.62. The molecule has 1 unspecified atom stereocenters. The van der Waals surface area contributed by atoms with E-state index in [-0.39, 0.29) is 24.5 Å². The van der Waals surface area contributed by atoms with E-state index in [1.165, 1.54) is 11.0 Å². The zero-order valence-electron chi connectivity index (χ0n) is 22.2. The van der Waals surface area contributed by atoms with Gasteiger partial charge in [-0.1, -0.05) is 11.4 Å². The van der Waals surface area contributed by atoms with Crippen LogP contribution in [0.3, 0.4) is 0 Å². The molecule has 16 radical (unpaired) electrons. The van der Waals surface area contributed by atoms with Crippen LogP contribution in [0.5, 0.6) is 0 Å². The molecule has 3 aromatic rings. The predicted octanol–water partition coefficient (Wildman–Crippen LogP) is -2.51. The lowest BCUT2D eigenvalue weighted by atomic mass is 9.25. The molecule has 1 aliphatic heterocycles. The maximum Gasteiger partial charge on any atom is 0.260 e. The Morgan fingerprint density at radius 2 is 1.85 bits per heavy atom. The lowest BCUT2D eigenvalue weighted by molar-refractivity contribution is 0.0996. The van der Waals surface area contributed by atoms with Crippen molar-refractivity contribution in [1.82, 2.24) is 30.0 Å². The standard InChI is InChI=1S/C22H20B8N8O2/c1-3-36-10-32-35-17(36)13-5-4-6-15(33-13)37-9-12-11(18(37)39)7-16(34-14(12)8-31-2)38(20(24,25)19(23)40)22(29,30)21(26,27)28/h4-7,10,19,31,40H,3,8-9H2,1-2H3. The molecule has 1 atom stereocenters. The first-order valence-corrected chi connectivity index (χ1v) is 12.3. The average molecular weight is 515 g/mol. The molecule has 0 saturated carbocycles. The molecule has 40 heavy (non-hydrogen) atoms. The Morgan fingerprint density at radius 3 is 2.45 bits per heavy atom. The third-order valence-corrected chi connectivity index (χ3v) is 6.68. The zero-order chi connectivity index (χ0) is 29.6. The van der Waals surface area contributed by atoms with Crippen molar-refractivity contribution >= 4 is 80.3 Å². The molecule has 10 nitrogen and oxygen atoms in total. The highest BCUT2D eigenvalue weighted by molar-refractivity contribution is 6.68. The molecule has 0 spiro atoms. The summed E-state index contributed by atoms with van der Waals surface area (Å²) in [5, 5.41) is 14.2. The van der Waals surface area contributed by atoms with Gasteiger partial charge in [0, 0.05) is 24.7 Å². The largest absolute Gasteiger partial charge is 0.402 e. The molecule has 0 bridgehead atoms. The van der Waals surface area contributed by atoms with E-state index in [0.29, 0.717) is 35.1 Å². The van der Waals surface area contributed by atoms with Crippen LogP contribution in [0.1, 0.15) is 28.5 Å². The van der Waals surface area contributed by atoms with Crippen LogP contribution < -0.4 is 15.1 Å². The van der Waals surface area contributed by atoms with Crippen molar-refractivity contribution in [2.45, 2.75) is 48.3 Å². The summed E-state index contributed by atoms with van der Waals surface area (Å²) < 4.78 is 1.83. The number of aryl methyl sites for hydroxylation is 1. The summed E-state index contributed by atoms with van der Waals surface area (Å²) in [6, 6.07) is 4.67. The van der Waals surface area contributed by atoms with E-state index >= 15 is 0 Å². The Bertz CT molecular complexity index is 1410. The topological polar surface area (TPSA) is 112 Å². The highest BCUT2D eigenvalue weighted by Gasteiger charge is 2.45. The molecule has 184 valence electrons. The van der Waals surface area contributed by atoms with Crippen LogP contribution in [0.4, 0.5) is 11.6 Å². The van der Waals surface area contributed by atoms with E-state index < -0.39 is 27.7 Å². The molecule has 0 aliphatic carbocycles. The van der Waals surface area contributed by atoms with Gasteiger partial charge in [-0.25, -0.2) is 9.97 Å². The number of carbonyl (C=O) groups excluding carboxylic acids is 1. The summed E-state index contributed by atoms with van der Waals surface area (Å²) >= 11 is 0. The van der Waals surface area contributed by atoms with Gasteiger partial charge in [-0.3, -0.25) is 9.69 Å². The van der Waals surface area contributed by atoms with Crippen molar-refractivity contribution in [3.63, 3.8) is 0 Å². The van der Waals surface area contributed by atoms with Crippen LogP contribution in [0, 0.1) is 0 Å². The molecule has 2 N–H and O–H groups in total. The molecular weight excluding hydrogens is 495 g/mol. The second-order valence-electron chi connectivity index (χ2n) is 9.62. The summed E-state index contributed by atoms with van der Waals surface area (Å²) in [5.41, 5.74) is 1.78. The number of aliphatic hydroxyl groups is 1. The van der Waals surface area contributed by atoms with Crippen LogP contribution in [-0.2, 0) is 19.6 Å². The lowest BCUT2D eigenvalue weighted by Gasteiger charge is -2.59. The summed E-state index contributed by atoms with van der Waals surface area (Å²) in [7, 11) is 49.7. The Hall–Kier alpha value is -2.85. The first-order valence-electron chi connectivity index (χ1n) is 12.3. The number of carbonyl (C=O) groups is 1. The highest BCUT2D eigenvalue weighted by Crippen LogP contribution is 2.39. The lowest BCUT2D eigenvalue weighted by Crippen LogP contribution is -2.72. The fourth-order valence-corrected chi connectivity index (χ4v) is 4.38. The van der Waals surface area contributed by atoms with E-state index in [2.05, 4.69) is 25.5 Å². The predicted molar refractivity (Wildman–Crippen MR) is 159 cm³/mol. The maximum absolute atomic E-state index is 13.8. The number of nitrogens with zero attached hydrogens (tertiary/aromatic N) is 7. The maximum atomic E-state index is 13.8. The fraction of sp³-hybridized carbons (Fsp3) is 0.409. The fourth-order valence-electron chi connectivity index (χ4n) is 4.38. The molecule has 0 fully saturated rings. The first-order chi connectivity index (χ1) is 18.6. The quantitative estimate of drug-likeness (QED) is 0.285. The van der Waals surface area contributed by atoms with Crippen molar-refractivity contribution in [2.24, 2.45) is 0 Å². The average Bonchev–Trinajstić information content (AvgIpc) is 3.48. The minimum atomic E-state index is -2.42. The van der Waals surface area contributed by atoms with Crippen LogP contribution in [-0.4, -0.2) is 122 Å². The summed E-state index contributed by atoms with van der Waals surface area (Å²) in [6.07, 6.45) is 1.60. The third-order valence-electron chi connectivity index (χ3n) is 6.68. The Morgan fingerprint density at radius 1 is 1.15 bits per heavy atom. The number of aromatic nitrogens is 5. The minimum Gasteiger partial charge on any atom is -0.402 e. The van der Waals surface area contributed by atoms with Gasteiger partial charge in [0.1, 0.15) is 31.5 Å². The van der Waals surface area contributed by atoms with Gasteiger partial charge in [0.05, 0.1) is 72.7 Å². The van der Waals surface area contributed by atoms with Crippen molar-refractivity contribution in [3.05, 3.63) is 47.4 Å². The number of amides is 1. The molecule has 1 amide bonds. The third kappa shape index (κ3) is 5.16. The summed E-state index contributed by atoms with van der Waals surface area (Å²) in [4.78, 5) is 25.3. The van der Waals surface area contributed by atoms with Crippen molar-refractivity contribution in [3.8, 4) is 11.5 Å². The monoisotopic (exact) mass is 516 g/mol. The number of nitrogens with one attached hydrogen (secondary N) is 1. The van der Waals surface area contributed by atoms with E-state index in [1.807, 2.05) is 11.5 Å². The van der Waals surface area contributed by atoms with Gasteiger partial charge in [0.2, 0.25) is 0 Å². The van der Waals surface area contributed by atoms with E-state index in [1.54, 1.807) is 31.6 Å². The van der Waals surface area contributed by atoms with Crippen molar-refractivity contribution in [2.75, 3.05) is 16.8 Å². The number of hydrogen-bond acceptors (Lipinski definition) is 8. The van der Waals surface area contributed by atoms with Crippen LogP contribution >= 0.6 is 0 Å². The smallest absolute Gasteiger partial charge is 0.260 e. The van der Waals surface area contributed by atoms with Gasteiger partial charge in [-0.2, -0.15) is 0 Å². The number of hydrogen-bond donors (Lipinski definition) is 2. The molecule has 0 aromatic carbocycles. The minimum absolute atomic E-state index is 0.149. The number of fused-ring (bicyclic) bond motifs is 1. The molecule has 4 rings (SSSR count). The molecule has 0 saturated heterocycles. The van der Waals surface area contributed by atoms with E-state index in [4.69, 9.17) is 62.8 Å². The molecule has 3 aromatic heterocycles. The Kier molecular flexibility index (Phi) is 8.17. The molecule has 18 heteroatoms. The van der Waals surface area contributed by atoms with E-state index in [0.717, 1.165) is 4.90 Å². The van der Waals surface area contributed by atoms with Gasteiger partial charge in [-0.15, -0.1) is 15.3 Å². The highest BCUT2D eigenvalue weighted by atomic mass is 16.3. The Labute approximate surface area is 244 Å². The van der Waals surface area contributed by atoms with Crippen LogP contribution in [0.2, 0.25) is 5.11 Å². The SMILES string of the molecule is [B]C(O)C([B])([B])N(c1cc2c(c(CNC)n1)CN(c1cccc(-c3nncn3CC)n1)C2=O)C([B])([B])C([B])([B])[B]. The molecule has 1 aliphatic rings. The zero-order valence-corrected chi connectivity index (χ0v) is 22.2. The molecule has 4 heterocycles. The number of anilines is 2. The second kappa shape index (κ2) is 10.9. The van der Waals surface area contributed by atoms with Crippen molar-refractivity contribution < 1.29 is 9.90 Å². The number of rotatable bonds is 10. The first kappa shape index (κ1) is 30.1. The van der Waals surface area contributed by atoms with Gasteiger partial charge >= 0.3 is 0 Å². The van der Waals surface area contributed by atoms with Gasteiger partial charge < -0.3 is 19.9 Å². The summed E-state index contributed by atoms with van der Waals surface area (Å²) in [5.74, 6) is 0.369. The molecular formula is C22H20B8N8O2. The normalized spacial score (nSPS) is 14.8. The van der Waals surface area contributed by atoms with Crippen LogP contribution in [0.15, 0.2) is 30.6 Å². The Balaban J connectivity index is 1.84. The number of pyridine rings is 2. The van der Waals surface area contributed by atoms with Crippen molar-refractivity contribution in [1.29, 1.82) is 0 Å². The summed E-state index contributed by atoms with van der Waals surface area (Å²) in [6.45, 7) is 2.96. The van der Waals surface area contributed by atoms with Gasteiger partial charge in [-0.05, 0) is 37.5 Å². The van der Waals surface area contributed by atoms with Gasteiger partial charge in [0.25, 0.3) is 5.91 Å². The van der Waals surface area contributed by atoms with Crippen LogP contribution in [0.25, 0.3) is 11.5 Å².